The molecule has 18 heavy (non-hydrogen) atoms. The van der Waals surface area contributed by atoms with Gasteiger partial charge < -0.3 is 19.3 Å². The summed E-state index contributed by atoms with van der Waals surface area (Å²) in [5.41, 5.74) is 1.81. The molecule has 1 N–H and O–H groups in total. The van der Waals surface area contributed by atoms with Gasteiger partial charge in [0.2, 0.25) is 0 Å². The van der Waals surface area contributed by atoms with Crippen LogP contribution in [0, 0.1) is 0 Å². The molecule has 0 aliphatic rings. The molecule has 102 valence electrons. The predicted octanol–water partition coefficient (Wildman–Crippen LogP) is 2.30. The highest BCUT2D eigenvalue weighted by Gasteiger charge is 2.08. The summed E-state index contributed by atoms with van der Waals surface area (Å²) in [6.45, 7) is 5.86. The second-order valence-corrected chi connectivity index (χ2v) is 4.02. The number of rotatable bonds is 8. The Balaban J connectivity index is 2.72. The van der Waals surface area contributed by atoms with Crippen LogP contribution < -0.4 is 4.74 Å². The monoisotopic (exact) mass is 254 g/mol. The van der Waals surface area contributed by atoms with Crippen LogP contribution in [-0.4, -0.2) is 32.0 Å². The fourth-order valence-electron chi connectivity index (χ4n) is 1.59. The maximum atomic E-state index is 9.58. The van der Waals surface area contributed by atoms with Crippen LogP contribution in [0.5, 0.6) is 5.75 Å². The molecule has 1 aromatic rings. The molecule has 0 saturated heterocycles. The van der Waals surface area contributed by atoms with Crippen LogP contribution in [0.25, 0.3) is 0 Å². The van der Waals surface area contributed by atoms with Gasteiger partial charge in [0.05, 0.1) is 32.5 Å². The third kappa shape index (κ3) is 4.64. The molecule has 4 heteroatoms. The summed E-state index contributed by atoms with van der Waals surface area (Å²) < 4.78 is 16.0. The molecule has 1 aromatic carbocycles. The number of hydrogen-bond donors (Lipinski definition) is 1. The lowest BCUT2D eigenvalue weighted by Gasteiger charge is -2.13. The maximum absolute atomic E-state index is 9.58. The van der Waals surface area contributed by atoms with E-state index in [1.807, 2.05) is 25.1 Å². The van der Waals surface area contributed by atoms with Crippen LogP contribution in [0.3, 0.4) is 0 Å². The fourth-order valence-corrected chi connectivity index (χ4v) is 1.59. The van der Waals surface area contributed by atoms with E-state index >= 15 is 0 Å². The van der Waals surface area contributed by atoms with E-state index in [1.165, 1.54) is 0 Å². The standard InChI is InChI=1S/C14H22O4/c1-4-18-14-6-5-12(11(2)15)9-13(14)10-17-8-7-16-3/h5-6,9,11,15H,4,7-8,10H2,1-3H3. The Morgan fingerprint density at radius 1 is 1.28 bits per heavy atom. The summed E-state index contributed by atoms with van der Waals surface area (Å²) in [7, 11) is 1.64. The normalized spacial score (nSPS) is 12.4. The van der Waals surface area contributed by atoms with E-state index in [2.05, 4.69) is 0 Å². The molecule has 1 rings (SSSR count). The highest BCUT2D eigenvalue weighted by molar-refractivity contribution is 5.37. The van der Waals surface area contributed by atoms with Crippen molar-refractivity contribution in [1.29, 1.82) is 0 Å². The minimum atomic E-state index is -0.488. The Labute approximate surface area is 108 Å². The lowest BCUT2D eigenvalue weighted by Crippen LogP contribution is -2.05. The van der Waals surface area contributed by atoms with Gasteiger partial charge in [-0.3, -0.25) is 0 Å². The van der Waals surface area contributed by atoms with E-state index in [0.717, 1.165) is 16.9 Å². The summed E-state index contributed by atoms with van der Waals surface area (Å²) in [6, 6.07) is 5.66. The van der Waals surface area contributed by atoms with Crippen LogP contribution in [0.4, 0.5) is 0 Å². The fraction of sp³-hybridized carbons (Fsp3) is 0.571. The van der Waals surface area contributed by atoms with Gasteiger partial charge in [-0.25, -0.2) is 0 Å². The van der Waals surface area contributed by atoms with Gasteiger partial charge in [-0.1, -0.05) is 6.07 Å². The molecule has 0 spiro atoms. The Bertz CT molecular complexity index is 350. The largest absolute Gasteiger partial charge is 0.494 e. The van der Waals surface area contributed by atoms with Gasteiger partial charge in [-0.2, -0.15) is 0 Å². The number of aliphatic hydroxyl groups excluding tert-OH is 1. The highest BCUT2D eigenvalue weighted by Crippen LogP contribution is 2.24. The molecule has 0 aliphatic heterocycles. The maximum Gasteiger partial charge on any atom is 0.124 e. The molecule has 1 unspecified atom stereocenters. The summed E-state index contributed by atoms with van der Waals surface area (Å²) in [6.07, 6.45) is -0.488. The van der Waals surface area contributed by atoms with E-state index in [1.54, 1.807) is 14.0 Å². The third-order valence-electron chi connectivity index (χ3n) is 2.56. The molecular weight excluding hydrogens is 232 g/mol. The molecule has 0 fully saturated rings. The first kappa shape index (κ1) is 15.0. The minimum absolute atomic E-state index is 0.458. The van der Waals surface area contributed by atoms with Crippen LogP contribution >= 0.6 is 0 Å². The molecule has 4 nitrogen and oxygen atoms in total. The summed E-state index contributed by atoms with van der Waals surface area (Å²) >= 11 is 0. The first-order valence-corrected chi connectivity index (χ1v) is 6.19. The van der Waals surface area contributed by atoms with Crippen molar-refractivity contribution < 1.29 is 19.3 Å². The van der Waals surface area contributed by atoms with Gasteiger partial charge in [0.15, 0.2) is 0 Å². The molecule has 0 bridgehead atoms. The van der Waals surface area contributed by atoms with Gasteiger partial charge in [0.1, 0.15) is 5.75 Å². The summed E-state index contributed by atoms with van der Waals surface area (Å²) in [4.78, 5) is 0. The molecule has 0 aromatic heterocycles. The molecule has 0 heterocycles. The van der Waals surface area contributed by atoms with Crippen molar-refractivity contribution in [2.75, 3.05) is 26.9 Å². The van der Waals surface area contributed by atoms with Crippen LogP contribution in [-0.2, 0) is 16.1 Å². The zero-order chi connectivity index (χ0) is 13.4. The molecule has 0 amide bonds. The second-order valence-electron chi connectivity index (χ2n) is 4.02. The lowest BCUT2D eigenvalue weighted by atomic mass is 10.1. The average molecular weight is 254 g/mol. The average Bonchev–Trinajstić information content (AvgIpc) is 2.36. The van der Waals surface area contributed by atoms with Crippen molar-refractivity contribution in [3.63, 3.8) is 0 Å². The highest BCUT2D eigenvalue weighted by atomic mass is 16.5. The Kier molecular flexibility index (Phi) is 6.72. The zero-order valence-corrected chi connectivity index (χ0v) is 11.3. The van der Waals surface area contributed by atoms with E-state index in [-0.39, 0.29) is 0 Å². The number of ether oxygens (including phenoxy) is 3. The quantitative estimate of drug-likeness (QED) is 0.723. The lowest BCUT2D eigenvalue weighted by molar-refractivity contribution is 0.0604. The van der Waals surface area contributed by atoms with Crippen LogP contribution in [0.2, 0.25) is 0 Å². The van der Waals surface area contributed by atoms with E-state index < -0.39 is 6.10 Å². The van der Waals surface area contributed by atoms with E-state index in [0.29, 0.717) is 26.4 Å². The van der Waals surface area contributed by atoms with Crippen molar-refractivity contribution in [3.05, 3.63) is 29.3 Å². The number of aliphatic hydroxyl groups is 1. The first-order chi connectivity index (χ1) is 8.69. The molecule has 0 aliphatic carbocycles. The number of hydrogen-bond acceptors (Lipinski definition) is 4. The Hall–Kier alpha value is -1.10. The molecule has 1 atom stereocenters. The predicted molar refractivity (Wildman–Crippen MR) is 69.8 cm³/mol. The van der Waals surface area contributed by atoms with Gasteiger partial charge in [0, 0.05) is 12.7 Å². The Morgan fingerprint density at radius 2 is 2.06 bits per heavy atom. The van der Waals surface area contributed by atoms with E-state index in [9.17, 15) is 5.11 Å². The molecule has 0 radical (unpaired) electrons. The third-order valence-corrected chi connectivity index (χ3v) is 2.56. The first-order valence-electron chi connectivity index (χ1n) is 6.19. The zero-order valence-electron chi connectivity index (χ0n) is 11.3. The number of methoxy groups -OCH3 is 1. The molecular formula is C14H22O4. The molecule has 0 saturated carbocycles. The summed E-state index contributed by atoms with van der Waals surface area (Å²) in [5, 5.41) is 9.58. The van der Waals surface area contributed by atoms with Crippen molar-refractivity contribution >= 4 is 0 Å². The van der Waals surface area contributed by atoms with Gasteiger partial charge in [0.25, 0.3) is 0 Å². The minimum Gasteiger partial charge on any atom is -0.494 e. The van der Waals surface area contributed by atoms with Crippen molar-refractivity contribution in [3.8, 4) is 5.75 Å². The van der Waals surface area contributed by atoms with Crippen LogP contribution in [0.1, 0.15) is 31.1 Å². The van der Waals surface area contributed by atoms with Crippen molar-refractivity contribution in [2.45, 2.75) is 26.6 Å². The Morgan fingerprint density at radius 3 is 2.67 bits per heavy atom. The van der Waals surface area contributed by atoms with E-state index in [4.69, 9.17) is 14.2 Å². The van der Waals surface area contributed by atoms with Crippen molar-refractivity contribution in [1.82, 2.24) is 0 Å². The van der Waals surface area contributed by atoms with Gasteiger partial charge in [-0.05, 0) is 31.5 Å². The summed E-state index contributed by atoms with van der Waals surface area (Å²) in [5.74, 6) is 0.805. The second kappa shape index (κ2) is 8.08. The topological polar surface area (TPSA) is 47.9 Å². The van der Waals surface area contributed by atoms with Crippen molar-refractivity contribution in [2.24, 2.45) is 0 Å². The number of benzene rings is 1. The van der Waals surface area contributed by atoms with Gasteiger partial charge >= 0.3 is 0 Å². The smallest absolute Gasteiger partial charge is 0.124 e. The SMILES string of the molecule is CCOc1ccc(C(C)O)cc1COCCOC. The van der Waals surface area contributed by atoms with Crippen LogP contribution in [0.15, 0.2) is 18.2 Å². The van der Waals surface area contributed by atoms with Gasteiger partial charge in [-0.15, -0.1) is 0 Å².